The van der Waals surface area contributed by atoms with Gasteiger partial charge in [-0.15, -0.1) is 0 Å². The number of likely N-dealkylation sites (N-methyl/N-ethyl adjacent to an activating group) is 1. The second-order valence-electron chi connectivity index (χ2n) is 6.89. The van der Waals surface area contributed by atoms with Gasteiger partial charge < -0.3 is 5.32 Å². The van der Waals surface area contributed by atoms with Crippen molar-refractivity contribution in [2.45, 2.75) is 25.2 Å². The van der Waals surface area contributed by atoms with Crippen LogP contribution in [-0.4, -0.2) is 36.6 Å². The Morgan fingerprint density at radius 2 is 1.88 bits per heavy atom. The molecule has 4 rings (SSSR count). The molecule has 25 heavy (non-hydrogen) atoms. The van der Waals surface area contributed by atoms with E-state index in [1.807, 2.05) is 11.9 Å². The zero-order chi connectivity index (χ0) is 17.7. The second kappa shape index (κ2) is 6.18. The van der Waals surface area contributed by atoms with Crippen LogP contribution in [0.15, 0.2) is 45.2 Å². The van der Waals surface area contributed by atoms with Gasteiger partial charge in [-0.25, -0.2) is 4.39 Å². The van der Waals surface area contributed by atoms with Crippen LogP contribution in [0.2, 0.25) is 0 Å². The fourth-order valence-corrected chi connectivity index (χ4v) is 4.43. The van der Waals surface area contributed by atoms with Crippen LogP contribution in [0, 0.1) is 5.82 Å². The molecular weight excluding hydrogens is 387 g/mol. The molecule has 0 saturated heterocycles. The first kappa shape index (κ1) is 16.7. The molecule has 1 N–H and O–H groups in total. The maximum atomic E-state index is 13.7. The standard InChI is InChI=1S/C19H18BrFN2O2/c1-23-8-14-19(16(25)9-23)17(10-5-6-12(21)11(20)7-10)18-13(22-14)3-2-4-15(18)24/h5-7,17,22H,2-4,8-9H2,1H3. The molecule has 2 heterocycles. The molecule has 1 aromatic carbocycles. The summed E-state index contributed by atoms with van der Waals surface area (Å²) in [5, 5.41) is 3.36. The van der Waals surface area contributed by atoms with Crippen molar-refractivity contribution in [3.8, 4) is 0 Å². The highest BCUT2D eigenvalue weighted by Crippen LogP contribution is 2.44. The van der Waals surface area contributed by atoms with Crippen molar-refractivity contribution in [1.29, 1.82) is 0 Å². The molecule has 0 bridgehead atoms. The van der Waals surface area contributed by atoms with Crippen molar-refractivity contribution in [2.75, 3.05) is 20.1 Å². The number of allylic oxidation sites excluding steroid dienone is 2. The van der Waals surface area contributed by atoms with Crippen LogP contribution >= 0.6 is 15.9 Å². The number of nitrogens with zero attached hydrogens (tertiary/aromatic N) is 1. The number of rotatable bonds is 1. The molecule has 1 aliphatic carbocycles. The van der Waals surface area contributed by atoms with Crippen LogP contribution in [0.1, 0.15) is 30.7 Å². The number of hydrogen-bond donors (Lipinski definition) is 1. The normalized spacial score (nSPS) is 24.2. The molecule has 3 aliphatic rings. The molecule has 1 atom stereocenters. The average Bonchev–Trinajstić information content (AvgIpc) is 2.55. The lowest BCUT2D eigenvalue weighted by Crippen LogP contribution is -2.44. The second-order valence-corrected chi connectivity index (χ2v) is 7.74. The topological polar surface area (TPSA) is 49.4 Å². The first-order chi connectivity index (χ1) is 12.0. The zero-order valence-electron chi connectivity index (χ0n) is 13.9. The minimum Gasteiger partial charge on any atom is -0.360 e. The molecule has 4 nitrogen and oxygen atoms in total. The van der Waals surface area contributed by atoms with Gasteiger partial charge in [0, 0.05) is 41.4 Å². The van der Waals surface area contributed by atoms with E-state index in [-0.39, 0.29) is 17.4 Å². The van der Waals surface area contributed by atoms with Gasteiger partial charge >= 0.3 is 0 Å². The number of Topliss-reactive ketones (excluding diaryl/α,β-unsaturated/α-hetero) is 2. The minimum atomic E-state index is -0.405. The Balaban J connectivity index is 1.91. The van der Waals surface area contributed by atoms with Crippen LogP contribution in [-0.2, 0) is 9.59 Å². The van der Waals surface area contributed by atoms with Crippen molar-refractivity contribution in [2.24, 2.45) is 0 Å². The van der Waals surface area contributed by atoms with Crippen LogP contribution in [0.4, 0.5) is 4.39 Å². The van der Waals surface area contributed by atoms with Gasteiger partial charge in [0.05, 0.1) is 11.0 Å². The molecule has 6 heteroatoms. The molecule has 0 aromatic heterocycles. The quantitative estimate of drug-likeness (QED) is 0.781. The summed E-state index contributed by atoms with van der Waals surface area (Å²) in [5.74, 6) is -0.660. The molecule has 0 spiro atoms. The fraction of sp³-hybridized carbons (Fsp3) is 0.368. The molecule has 1 aromatic rings. The Morgan fingerprint density at radius 1 is 1.12 bits per heavy atom. The van der Waals surface area contributed by atoms with Gasteiger partial charge in [0.2, 0.25) is 0 Å². The predicted molar refractivity (Wildman–Crippen MR) is 95.4 cm³/mol. The van der Waals surface area contributed by atoms with E-state index in [1.165, 1.54) is 6.07 Å². The summed E-state index contributed by atoms with van der Waals surface area (Å²) in [6.45, 7) is 0.973. The third kappa shape index (κ3) is 2.77. The molecule has 1 unspecified atom stereocenters. The minimum absolute atomic E-state index is 0.0200. The first-order valence-electron chi connectivity index (χ1n) is 8.38. The lowest BCUT2D eigenvalue weighted by Gasteiger charge is -2.39. The van der Waals surface area contributed by atoms with Crippen molar-refractivity contribution in [1.82, 2.24) is 10.2 Å². The third-order valence-corrected chi connectivity index (χ3v) is 5.69. The fourth-order valence-electron chi connectivity index (χ4n) is 4.03. The third-order valence-electron chi connectivity index (χ3n) is 5.08. The Kier molecular flexibility index (Phi) is 4.12. The molecule has 130 valence electrons. The number of ketones is 2. The molecule has 0 saturated carbocycles. The van der Waals surface area contributed by atoms with E-state index >= 15 is 0 Å². The van der Waals surface area contributed by atoms with Gasteiger partial charge in [0.1, 0.15) is 5.82 Å². The van der Waals surface area contributed by atoms with E-state index in [1.54, 1.807) is 12.1 Å². The van der Waals surface area contributed by atoms with Gasteiger partial charge in [-0.1, -0.05) is 6.07 Å². The largest absolute Gasteiger partial charge is 0.360 e. The van der Waals surface area contributed by atoms with Crippen LogP contribution in [0.25, 0.3) is 0 Å². The number of halogens is 2. The summed E-state index contributed by atoms with van der Waals surface area (Å²) in [4.78, 5) is 27.4. The number of hydrogen-bond acceptors (Lipinski definition) is 4. The van der Waals surface area contributed by atoms with Gasteiger partial charge in [0.15, 0.2) is 11.6 Å². The summed E-state index contributed by atoms with van der Waals surface area (Å²) in [6, 6.07) is 4.75. The zero-order valence-corrected chi connectivity index (χ0v) is 15.5. The Morgan fingerprint density at radius 3 is 2.64 bits per heavy atom. The number of benzene rings is 1. The van der Waals surface area contributed by atoms with Crippen LogP contribution in [0.5, 0.6) is 0 Å². The lowest BCUT2D eigenvalue weighted by atomic mass is 9.73. The SMILES string of the molecule is CN1CC(=O)C2=C(C1)NC1=C(C(=O)CCC1)C2c1ccc(F)c(Br)c1. The Labute approximate surface area is 153 Å². The van der Waals surface area contributed by atoms with E-state index < -0.39 is 5.92 Å². The number of carbonyl (C=O) groups is 2. The van der Waals surface area contributed by atoms with Crippen LogP contribution < -0.4 is 5.32 Å². The van der Waals surface area contributed by atoms with E-state index in [9.17, 15) is 14.0 Å². The highest BCUT2D eigenvalue weighted by molar-refractivity contribution is 9.10. The highest BCUT2D eigenvalue weighted by atomic mass is 79.9. The molecule has 0 radical (unpaired) electrons. The Hall–Kier alpha value is -1.79. The number of nitrogens with one attached hydrogen (secondary N) is 1. The smallest absolute Gasteiger partial charge is 0.175 e. The predicted octanol–water partition coefficient (Wildman–Crippen LogP) is 3.05. The molecule has 2 aliphatic heterocycles. The average molecular weight is 405 g/mol. The van der Waals surface area contributed by atoms with E-state index in [4.69, 9.17) is 0 Å². The number of carbonyl (C=O) groups excluding carboxylic acids is 2. The summed E-state index contributed by atoms with van der Waals surface area (Å²) in [5.41, 5.74) is 3.91. The maximum absolute atomic E-state index is 13.7. The van der Waals surface area contributed by atoms with E-state index in [0.717, 1.165) is 29.8 Å². The van der Waals surface area contributed by atoms with E-state index in [2.05, 4.69) is 21.2 Å². The van der Waals surface area contributed by atoms with Crippen molar-refractivity contribution in [3.05, 3.63) is 56.6 Å². The van der Waals surface area contributed by atoms with Crippen molar-refractivity contribution >= 4 is 27.5 Å². The summed E-state index contributed by atoms with van der Waals surface area (Å²) in [7, 11) is 1.91. The van der Waals surface area contributed by atoms with Crippen molar-refractivity contribution in [3.63, 3.8) is 0 Å². The monoisotopic (exact) mass is 404 g/mol. The highest BCUT2D eigenvalue weighted by Gasteiger charge is 2.41. The van der Waals surface area contributed by atoms with Gasteiger partial charge in [-0.2, -0.15) is 0 Å². The van der Waals surface area contributed by atoms with Gasteiger partial charge in [-0.05, 0) is 53.5 Å². The molecular formula is C19H18BrFN2O2. The Bertz CT molecular complexity index is 859. The molecule has 0 amide bonds. The number of dihydropyridines is 1. The summed E-state index contributed by atoms with van der Waals surface area (Å²) < 4.78 is 14.1. The van der Waals surface area contributed by atoms with Gasteiger partial charge in [0.25, 0.3) is 0 Å². The van der Waals surface area contributed by atoms with Gasteiger partial charge in [-0.3, -0.25) is 14.5 Å². The summed E-state index contributed by atoms with van der Waals surface area (Å²) >= 11 is 3.23. The lowest BCUT2D eigenvalue weighted by molar-refractivity contribution is -0.117. The van der Waals surface area contributed by atoms with E-state index in [0.29, 0.717) is 35.1 Å². The van der Waals surface area contributed by atoms with Crippen LogP contribution in [0.3, 0.4) is 0 Å². The maximum Gasteiger partial charge on any atom is 0.175 e. The molecule has 0 fully saturated rings. The summed E-state index contributed by atoms with van der Waals surface area (Å²) in [6.07, 6.45) is 2.11. The van der Waals surface area contributed by atoms with Crippen molar-refractivity contribution < 1.29 is 14.0 Å². The first-order valence-corrected chi connectivity index (χ1v) is 9.18.